The molecule has 0 amide bonds. The predicted molar refractivity (Wildman–Crippen MR) is 60.0 cm³/mol. The third-order valence-corrected chi connectivity index (χ3v) is 2.38. The van der Waals surface area contributed by atoms with E-state index in [-0.39, 0.29) is 5.82 Å². The number of aldehydes is 1. The quantitative estimate of drug-likeness (QED) is 0.747. The summed E-state index contributed by atoms with van der Waals surface area (Å²) in [7, 11) is 0. The van der Waals surface area contributed by atoms with E-state index in [1.165, 1.54) is 24.4 Å². The highest BCUT2D eigenvalue weighted by molar-refractivity contribution is 6.33. The molecule has 0 fully saturated rings. The lowest BCUT2D eigenvalue weighted by atomic mass is 10.1. The maximum atomic E-state index is 13.0. The van der Waals surface area contributed by atoms with E-state index in [1.54, 1.807) is 12.1 Å². The van der Waals surface area contributed by atoms with Gasteiger partial charge in [-0.05, 0) is 18.2 Å². The number of hydrogen-bond donors (Lipinski definition) is 0. The fourth-order valence-corrected chi connectivity index (χ4v) is 1.65. The van der Waals surface area contributed by atoms with Crippen molar-refractivity contribution < 1.29 is 9.18 Å². The number of carbonyl (C=O) groups is 1. The van der Waals surface area contributed by atoms with Crippen LogP contribution in [-0.2, 0) is 0 Å². The van der Waals surface area contributed by atoms with E-state index < -0.39 is 0 Å². The predicted octanol–water partition coefficient (Wildman–Crippen LogP) is 3.35. The van der Waals surface area contributed by atoms with Gasteiger partial charge in [-0.2, -0.15) is 0 Å². The van der Waals surface area contributed by atoms with Gasteiger partial charge in [0.25, 0.3) is 0 Å². The van der Waals surface area contributed by atoms with Crippen LogP contribution < -0.4 is 0 Å². The summed E-state index contributed by atoms with van der Waals surface area (Å²) < 4.78 is 13.0. The van der Waals surface area contributed by atoms with Crippen molar-refractivity contribution in [3.8, 4) is 11.3 Å². The van der Waals surface area contributed by atoms with Gasteiger partial charge >= 0.3 is 0 Å². The lowest BCUT2D eigenvalue weighted by Gasteiger charge is -2.03. The zero-order valence-electron chi connectivity index (χ0n) is 8.15. The van der Waals surface area contributed by atoms with Crippen molar-refractivity contribution in [3.05, 3.63) is 52.9 Å². The van der Waals surface area contributed by atoms with Gasteiger partial charge in [-0.3, -0.25) is 9.78 Å². The number of hydrogen-bond acceptors (Lipinski definition) is 2. The van der Waals surface area contributed by atoms with E-state index in [4.69, 9.17) is 11.6 Å². The van der Waals surface area contributed by atoms with Crippen LogP contribution in [0.4, 0.5) is 4.39 Å². The molecule has 1 aromatic heterocycles. The summed E-state index contributed by atoms with van der Waals surface area (Å²) in [5.41, 5.74) is 1.44. The minimum atomic E-state index is -0.352. The van der Waals surface area contributed by atoms with Crippen LogP contribution in [0, 0.1) is 5.82 Å². The molecule has 0 bridgehead atoms. The van der Waals surface area contributed by atoms with Crippen LogP contribution in [0.2, 0.25) is 5.02 Å². The molecule has 0 atom stereocenters. The Bertz CT molecular complexity index is 542. The zero-order chi connectivity index (χ0) is 11.5. The molecule has 0 N–H and O–H groups in total. The van der Waals surface area contributed by atoms with Crippen molar-refractivity contribution in [3.63, 3.8) is 0 Å². The molecular weight excluding hydrogens is 229 g/mol. The first-order chi connectivity index (χ1) is 7.70. The second-order valence-electron chi connectivity index (χ2n) is 3.23. The molecule has 16 heavy (non-hydrogen) atoms. The number of aromatic nitrogens is 1. The SMILES string of the molecule is O=Cc1cnc(-c2cccc(F)c2)c(Cl)c1. The maximum absolute atomic E-state index is 13.0. The van der Waals surface area contributed by atoms with Crippen LogP contribution >= 0.6 is 11.6 Å². The number of pyridine rings is 1. The summed E-state index contributed by atoms with van der Waals surface area (Å²) in [6, 6.07) is 7.47. The van der Waals surface area contributed by atoms with Gasteiger partial charge < -0.3 is 0 Å². The highest BCUT2D eigenvalue weighted by Gasteiger charge is 2.06. The Balaban J connectivity index is 2.52. The van der Waals surface area contributed by atoms with Crippen molar-refractivity contribution in [2.24, 2.45) is 0 Å². The van der Waals surface area contributed by atoms with Gasteiger partial charge in [-0.25, -0.2) is 4.39 Å². The summed E-state index contributed by atoms with van der Waals surface area (Å²) in [6.45, 7) is 0. The Morgan fingerprint density at radius 3 is 2.75 bits per heavy atom. The van der Waals surface area contributed by atoms with Crippen LogP contribution in [0.1, 0.15) is 10.4 Å². The monoisotopic (exact) mass is 235 g/mol. The summed E-state index contributed by atoms with van der Waals surface area (Å²) >= 11 is 5.95. The Kier molecular flexibility index (Phi) is 2.97. The number of carbonyl (C=O) groups excluding carboxylic acids is 1. The first-order valence-corrected chi connectivity index (χ1v) is 4.95. The van der Waals surface area contributed by atoms with Crippen molar-refractivity contribution in [1.29, 1.82) is 0 Å². The number of halogens is 2. The highest BCUT2D eigenvalue weighted by atomic mass is 35.5. The molecule has 80 valence electrons. The molecule has 4 heteroatoms. The van der Waals surface area contributed by atoms with Gasteiger partial charge in [0.2, 0.25) is 0 Å². The molecule has 0 unspecified atom stereocenters. The Morgan fingerprint density at radius 1 is 1.31 bits per heavy atom. The standard InChI is InChI=1S/C12H7ClFNO/c13-11-4-8(7-16)6-15-12(11)9-2-1-3-10(14)5-9/h1-7H. The van der Waals surface area contributed by atoms with E-state index in [9.17, 15) is 9.18 Å². The second kappa shape index (κ2) is 4.41. The zero-order valence-corrected chi connectivity index (χ0v) is 8.91. The van der Waals surface area contributed by atoms with Crippen LogP contribution in [0.5, 0.6) is 0 Å². The fourth-order valence-electron chi connectivity index (χ4n) is 1.37. The molecule has 0 saturated heterocycles. The van der Waals surface area contributed by atoms with Crippen molar-refractivity contribution in [1.82, 2.24) is 4.98 Å². The van der Waals surface area contributed by atoms with Crippen LogP contribution in [0.3, 0.4) is 0 Å². The number of nitrogens with zero attached hydrogens (tertiary/aromatic N) is 1. The molecule has 0 saturated carbocycles. The van der Waals surface area contributed by atoms with Gasteiger partial charge in [0.15, 0.2) is 6.29 Å². The molecule has 1 heterocycles. The van der Waals surface area contributed by atoms with E-state index in [0.29, 0.717) is 28.1 Å². The lowest BCUT2D eigenvalue weighted by Crippen LogP contribution is -1.89. The lowest BCUT2D eigenvalue weighted by molar-refractivity contribution is 0.112. The summed E-state index contributed by atoms with van der Waals surface area (Å²) in [5.74, 6) is -0.352. The third-order valence-electron chi connectivity index (χ3n) is 2.10. The maximum Gasteiger partial charge on any atom is 0.151 e. The van der Waals surface area contributed by atoms with E-state index in [0.717, 1.165) is 0 Å². The Labute approximate surface area is 96.7 Å². The second-order valence-corrected chi connectivity index (χ2v) is 3.63. The summed E-state index contributed by atoms with van der Waals surface area (Å²) in [5, 5.41) is 0.329. The topological polar surface area (TPSA) is 30.0 Å². The van der Waals surface area contributed by atoms with Gasteiger partial charge in [0.05, 0.1) is 10.7 Å². The van der Waals surface area contributed by atoms with Gasteiger partial charge in [-0.15, -0.1) is 0 Å². The smallest absolute Gasteiger partial charge is 0.151 e. The Hall–Kier alpha value is -1.74. The Morgan fingerprint density at radius 2 is 2.12 bits per heavy atom. The molecule has 0 spiro atoms. The van der Waals surface area contributed by atoms with Crippen LogP contribution in [0.15, 0.2) is 36.5 Å². The minimum Gasteiger partial charge on any atom is -0.298 e. The molecule has 0 aliphatic rings. The molecule has 0 aliphatic heterocycles. The average molecular weight is 236 g/mol. The van der Waals surface area contributed by atoms with Crippen molar-refractivity contribution in [2.45, 2.75) is 0 Å². The van der Waals surface area contributed by atoms with Crippen LogP contribution in [-0.4, -0.2) is 11.3 Å². The molecule has 2 aromatic rings. The largest absolute Gasteiger partial charge is 0.298 e. The first kappa shape index (κ1) is 10.8. The van der Waals surface area contributed by atoms with Crippen molar-refractivity contribution >= 4 is 17.9 Å². The van der Waals surface area contributed by atoms with Crippen LogP contribution in [0.25, 0.3) is 11.3 Å². The summed E-state index contributed by atoms with van der Waals surface area (Å²) in [4.78, 5) is 14.5. The molecule has 2 nitrogen and oxygen atoms in total. The molecule has 0 radical (unpaired) electrons. The molecule has 0 aliphatic carbocycles. The average Bonchev–Trinajstić information content (AvgIpc) is 2.28. The molecule has 2 rings (SSSR count). The number of rotatable bonds is 2. The van der Waals surface area contributed by atoms with Gasteiger partial charge in [0.1, 0.15) is 5.82 Å². The minimum absolute atomic E-state index is 0.329. The molecule has 1 aromatic carbocycles. The van der Waals surface area contributed by atoms with E-state index in [1.807, 2.05) is 0 Å². The van der Waals surface area contributed by atoms with Crippen molar-refractivity contribution in [2.75, 3.05) is 0 Å². The third kappa shape index (κ3) is 2.09. The normalized spacial score (nSPS) is 10.1. The van der Waals surface area contributed by atoms with Gasteiger partial charge in [0, 0.05) is 17.3 Å². The van der Waals surface area contributed by atoms with Gasteiger partial charge in [-0.1, -0.05) is 23.7 Å². The van der Waals surface area contributed by atoms with E-state index >= 15 is 0 Å². The highest BCUT2D eigenvalue weighted by Crippen LogP contribution is 2.26. The first-order valence-electron chi connectivity index (χ1n) is 4.57. The van der Waals surface area contributed by atoms with E-state index in [2.05, 4.69) is 4.98 Å². The summed E-state index contributed by atoms with van der Waals surface area (Å²) in [6.07, 6.45) is 2.06. The fraction of sp³-hybridized carbons (Fsp3) is 0. The number of benzene rings is 1. The molecular formula is C12H7ClFNO.